The lowest BCUT2D eigenvalue weighted by Gasteiger charge is -2.49. The fourth-order valence-electron chi connectivity index (χ4n) is 6.06. The molecule has 0 bridgehead atoms. The van der Waals surface area contributed by atoms with Gasteiger partial charge in [-0.15, -0.1) is 0 Å². The summed E-state index contributed by atoms with van der Waals surface area (Å²) in [5.41, 5.74) is 11.1. The molecule has 3 fully saturated rings. The Balaban J connectivity index is 1.80. The van der Waals surface area contributed by atoms with Gasteiger partial charge in [0.25, 0.3) is 0 Å². The van der Waals surface area contributed by atoms with E-state index in [1.807, 2.05) is 27.8 Å². The molecule has 1 saturated carbocycles. The lowest BCUT2D eigenvalue weighted by atomic mass is 9.82. The summed E-state index contributed by atoms with van der Waals surface area (Å²) >= 11 is 0. The molecule has 0 aromatic heterocycles. The molecule has 0 aromatic carbocycles. The highest BCUT2D eigenvalue weighted by atomic mass is 16.7. The van der Waals surface area contributed by atoms with Crippen molar-refractivity contribution in [3.05, 3.63) is 0 Å². The van der Waals surface area contributed by atoms with E-state index in [0.29, 0.717) is 12.8 Å². The standard InChI is InChI=1S/C29H57N5O9/c1-14(32-6)19-9-8-16(30)26(41-19)43-24-18(34-20(36)10-11-28(3,4)15(2)35)12-17(31)23(21(24)37)42-27-22(38)25(33-7)29(5,39)13-40-27/h14-19,21-27,32-33,35,37-39H,8-13,30-31H2,1-7H3,(H,34,36)/t14?,15?,16-,17-,18+,19+,21-,22-,23+,24-,25-,26-,27-,29+/m1/s1. The van der Waals surface area contributed by atoms with Gasteiger partial charge in [0, 0.05) is 18.5 Å². The second-order valence-corrected chi connectivity index (χ2v) is 13.6. The number of aliphatic hydroxyl groups excluding tert-OH is 3. The number of ether oxygens (including phenoxy) is 4. The second kappa shape index (κ2) is 15.1. The third-order valence-electron chi connectivity index (χ3n) is 9.67. The number of hydrogen-bond donors (Lipinski definition) is 9. The fraction of sp³-hybridized carbons (Fsp3) is 0.966. The Morgan fingerprint density at radius 2 is 1.72 bits per heavy atom. The minimum absolute atomic E-state index is 0.0365. The maximum absolute atomic E-state index is 13.1. The number of aliphatic hydroxyl groups is 4. The van der Waals surface area contributed by atoms with Crippen LogP contribution < -0.4 is 27.4 Å². The molecule has 1 aliphatic carbocycles. The van der Waals surface area contributed by atoms with E-state index in [4.69, 9.17) is 30.4 Å². The lowest BCUT2D eigenvalue weighted by molar-refractivity contribution is -0.308. The predicted molar refractivity (Wildman–Crippen MR) is 159 cm³/mol. The van der Waals surface area contributed by atoms with Gasteiger partial charge >= 0.3 is 0 Å². The van der Waals surface area contributed by atoms with Crippen LogP contribution in [0.2, 0.25) is 0 Å². The summed E-state index contributed by atoms with van der Waals surface area (Å²) < 4.78 is 24.3. The van der Waals surface area contributed by atoms with Crippen molar-refractivity contribution < 1.29 is 44.2 Å². The van der Waals surface area contributed by atoms with Gasteiger partial charge in [-0.1, -0.05) is 13.8 Å². The van der Waals surface area contributed by atoms with Crippen molar-refractivity contribution in [1.29, 1.82) is 0 Å². The first-order valence-corrected chi connectivity index (χ1v) is 15.5. The van der Waals surface area contributed by atoms with Crippen LogP contribution in [0.1, 0.15) is 66.7 Å². The molecule has 2 unspecified atom stereocenters. The van der Waals surface area contributed by atoms with Gasteiger partial charge in [-0.05, 0) is 66.0 Å². The van der Waals surface area contributed by atoms with Crippen molar-refractivity contribution in [2.45, 2.75) is 152 Å². The zero-order valence-electron chi connectivity index (χ0n) is 26.7. The van der Waals surface area contributed by atoms with E-state index >= 15 is 0 Å². The van der Waals surface area contributed by atoms with Crippen LogP contribution in [0.4, 0.5) is 0 Å². The van der Waals surface area contributed by atoms with E-state index in [1.54, 1.807) is 20.9 Å². The van der Waals surface area contributed by atoms with E-state index in [0.717, 1.165) is 6.42 Å². The van der Waals surface area contributed by atoms with Crippen LogP contribution >= 0.6 is 0 Å². The number of carbonyl (C=O) groups is 1. The Labute approximate surface area is 255 Å². The summed E-state index contributed by atoms with van der Waals surface area (Å²) in [5.74, 6) is -0.272. The number of likely N-dealkylation sites (N-methyl/N-ethyl adjacent to an activating group) is 2. The largest absolute Gasteiger partial charge is 0.393 e. The van der Waals surface area contributed by atoms with Gasteiger partial charge in [-0.25, -0.2) is 0 Å². The molecule has 3 rings (SSSR count). The number of carbonyl (C=O) groups excluding carboxylic acids is 1. The predicted octanol–water partition coefficient (Wildman–Crippen LogP) is -1.98. The molecule has 0 spiro atoms. The van der Waals surface area contributed by atoms with Gasteiger partial charge < -0.3 is 66.8 Å². The molecule has 3 aliphatic rings. The SMILES string of the molecule is CNC(C)[C@@H]1CC[C@@H](N)[C@@H](O[C@H]2[C@H](O)[C@@H](O[C@H]3OC[C@](C)(O)[C@H](NC)[C@H]3O)[C@H](N)C[C@@H]2NC(=O)CCC(C)(C)C(C)O)O1. The van der Waals surface area contributed by atoms with Crippen LogP contribution in [0.3, 0.4) is 0 Å². The number of hydrogen-bond acceptors (Lipinski definition) is 13. The van der Waals surface area contributed by atoms with E-state index in [-0.39, 0.29) is 37.5 Å². The zero-order chi connectivity index (χ0) is 32.3. The normalized spacial score (nSPS) is 42.3. The van der Waals surface area contributed by atoms with Crippen LogP contribution in [0.5, 0.6) is 0 Å². The van der Waals surface area contributed by atoms with E-state index in [1.165, 1.54) is 0 Å². The minimum atomic E-state index is -1.35. The molecule has 1 amide bonds. The van der Waals surface area contributed by atoms with E-state index < -0.39 is 78.3 Å². The van der Waals surface area contributed by atoms with Gasteiger partial charge in [0.1, 0.15) is 30.0 Å². The van der Waals surface area contributed by atoms with E-state index in [9.17, 15) is 25.2 Å². The van der Waals surface area contributed by atoms with Crippen LogP contribution in [-0.4, -0.2) is 132 Å². The molecule has 14 atom stereocenters. The average Bonchev–Trinajstić information content (AvgIpc) is 2.93. The van der Waals surface area contributed by atoms with Gasteiger partial charge in [0.15, 0.2) is 12.6 Å². The first kappa shape index (κ1) is 36.5. The molecule has 2 aliphatic heterocycles. The third kappa shape index (κ3) is 8.83. The topological polar surface area (TPSA) is 223 Å². The van der Waals surface area contributed by atoms with Crippen LogP contribution in [0.25, 0.3) is 0 Å². The van der Waals surface area contributed by atoms with E-state index in [2.05, 4.69) is 16.0 Å². The first-order valence-electron chi connectivity index (χ1n) is 15.5. The second-order valence-electron chi connectivity index (χ2n) is 13.6. The van der Waals surface area contributed by atoms with Crippen molar-refractivity contribution in [3.8, 4) is 0 Å². The molecule has 14 nitrogen and oxygen atoms in total. The maximum Gasteiger partial charge on any atom is 0.220 e. The summed E-state index contributed by atoms with van der Waals surface area (Å²) in [6, 6.07) is -2.65. The van der Waals surface area contributed by atoms with Gasteiger partial charge in [-0.3, -0.25) is 4.79 Å². The fourth-order valence-corrected chi connectivity index (χ4v) is 6.06. The summed E-state index contributed by atoms with van der Waals surface area (Å²) in [6.45, 7) is 8.91. The number of amides is 1. The lowest BCUT2D eigenvalue weighted by Crippen LogP contribution is -2.69. The average molecular weight is 620 g/mol. The van der Waals surface area contributed by atoms with Gasteiger partial charge in [0.05, 0.1) is 36.9 Å². The first-order chi connectivity index (χ1) is 20.0. The summed E-state index contributed by atoms with van der Waals surface area (Å²) in [5, 5.41) is 52.3. The Morgan fingerprint density at radius 3 is 2.33 bits per heavy atom. The zero-order valence-corrected chi connectivity index (χ0v) is 26.7. The molecular formula is C29H57N5O9. The molecule has 43 heavy (non-hydrogen) atoms. The third-order valence-corrected chi connectivity index (χ3v) is 9.67. The molecule has 252 valence electrons. The Kier molecular flexibility index (Phi) is 12.8. The van der Waals surface area contributed by atoms with Gasteiger partial charge in [0.2, 0.25) is 5.91 Å². The number of nitrogens with one attached hydrogen (secondary N) is 3. The maximum atomic E-state index is 13.1. The highest BCUT2D eigenvalue weighted by molar-refractivity contribution is 5.76. The molecule has 14 heteroatoms. The Hall–Kier alpha value is -1.01. The summed E-state index contributed by atoms with van der Waals surface area (Å²) in [4.78, 5) is 13.1. The van der Waals surface area contributed by atoms with Crippen molar-refractivity contribution in [3.63, 3.8) is 0 Å². The van der Waals surface area contributed by atoms with Crippen LogP contribution in [0, 0.1) is 5.41 Å². The Morgan fingerprint density at radius 1 is 1.07 bits per heavy atom. The highest BCUT2D eigenvalue weighted by Gasteiger charge is 2.51. The van der Waals surface area contributed by atoms with Crippen molar-refractivity contribution in [2.24, 2.45) is 16.9 Å². The minimum Gasteiger partial charge on any atom is -0.393 e. The van der Waals surface area contributed by atoms with Crippen LogP contribution in [0.15, 0.2) is 0 Å². The number of nitrogens with two attached hydrogens (primary N) is 2. The van der Waals surface area contributed by atoms with Crippen molar-refractivity contribution >= 4 is 5.91 Å². The van der Waals surface area contributed by atoms with Crippen molar-refractivity contribution in [2.75, 3.05) is 20.7 Å². The van der Waals surface area contributed by atoms with Gasteiger partial charge in [-0.2, -0.15) is 0 Å². The Bertz CT molecular complexity index is 896. The highest BCUT2D eigenvalue weighted by Crippen LogP contribution is 2.33. The molecule has 0 aromatic rings. The molecule has 0 radical (unpaired) electrons. The molecule has 11 N–H and O–H groups in total. The summed E-state index contributed by atoms with van der Waals surface area (Å²) in [6.07, 6.45) is -5.32. The number of rotatable bonds is 12. The van der Waals surface area contributed by atoms with Crippen molar-refractivity contribution in [1.82, 2.24) is 16.0 Å². The molecular weight excluding hydrogens is 562 g/mol. The monoisotopic (exact) mass is 619 g/mol. The molecule has 2 heterocycles. The molecule has 2 saturated heterocycles. The smallest absolute Gasteiger partial charge is 0.220 e. The van der Waals surface area contributed by atoms with Crippen LogP contribution in [-0.2, 0) is 23.7 Å². The summed E-state index contributed by atoms with van der Waals surface area (Å²) in [7, 11) is 3.46. The quantitative estimate of drug-likeness (QED) is 0.116.